The molecule has 2 rings (SSSR count). The molecule has 7 nitrogen and oxygen atoms in total. The molecule has 0 aliphatic rings. The minimum Gasteiger partial charge on any atom is -0.481 e. The Hall–Kier alpha value is -3.01. The van der Waals surface area contributed by atoms with Crippen LogP contribution in [0.2, 0.25) is 0 Å². The zero-order valence-electron chi connectivity index (χ0n) is 14.1. The first-order valence-corrected chi connectivity index (χ1v) is 7.40. The maximum Gasteiger partial charge on any atom is 0.320 e. The van der Waals surface area contributed by atoms with Gasteiger partial charge in [-0.1, -0.05) is 0 Å². The minimum atomic E-state index is -2.96. The van der Waals surface area contributed by atoms with Crippen LogP contribution in [0.1, 0.15) is 17.6 Å². The molecule has 1 heterocycles. The van der Waals surface area contributed by atoms with Crippen LogP contribution in [0.15, 0.2) is 36.3 Å². The normalized spacial score (nSPS) is 11.6. The summed E-state index contributed by atoms with van der Waals surface area (Å²) < 4.78 is 49.2. The lowest BCUT2D eigenvalue weighted by Crippen LogP contribution is -2.27. The molecule has 2 aromatic rings. The van der Waals surface area contributed by atoms with E-state index in [1.807, 2.05) is 0 Å². The molecule has 0 amide bonds. The highest BCUT2D eigenvalue weighted by Gasteiger charge is 2.15. The molecule has 0 unspecified atom stereocenters. The molecule has 0 radical (unpaired) electrons. The second-order valence-electron chi connectivity index (χ2n) is 5.25. The van der Waals surface area contributed by atoms with Crippen molar-refractivity contribution in [1.29, 1.82) is 0 Å². The lowest BCUT2D eigenvalue weighted by molar-refractivity contribution is 0.146. The first-order valence-electron chi connectivity index (χ1n) is 7.40. The molecule has 0 aliphatic carbocycles. The van der Waals surface area contributed by atoms with E-state index in [-0.39, 0.29) is 24.0 Å². The summed E-state index contributed by atoms with van der Waals surface area (Å²) in [4.78, 5) is 8.00. The van der Waals surface area contributed by atoms with E-state index in [4.69, 9.17) is 21.1 Å². The summed E-state index contributed by atoms with van der Waals surface area (Å²) in [5.74, 6) is 5.11. The largest absolute Gasteiger partial charge is 0.481 e. The molecular weight excluding hydrogens is 351 g/mol. The smallest absolute Gasteiger partial charge is 0.320 e. The Morgan fingerprint density at radius 1 is 1.38 bits per heavy atom. The van der Waals surface area contributed by atoms with Gasteiger partial charge in [0.1, 0.15) is 12.4 Å². The number of ether oxygens (including phenoxy) is 2. The molecule has 0 bridgehead atoms. The van der Waals surface area contributed by atoms with Crippen LogP contribution in [-0.4, -0.2) is 23.7 Å². The van der Waals surface area contributed by atoms with Gasteiger partial charge in [0, 0.05) is 18.0 Å². The molecule has 10 heteroatoms. The van der Waals surface area contributed by atoms with Crippen LogP contribution in [0.4, 0.5) is 18.9 Å². The minimum absolute atomic E-state index is 0.0501. The van der Waals surface area contributed by atoms with Crippen LogP contribution in [0.25, 0.3) is 0 Å². The van der Waals surface area contributed by atoms with E-state index in [0.717, 1.165) is 22.7 Å². The lowest BCUT2D eigenvalue weighted by atomic mass is 10.2. The van der Waals surface area contributed by atoms with Crippen LogP contribution in [0.3, 0.4) is 0 Å². The van der Waals surface area contributed by atoms with E-state index >= 15 is 0 Å². The van der Waals surface area contributed by atoms with E-state index in [9.17, 15) is 13.2 Å². The van der Waals surface area contributed by atoms with Gasteiger partial charge < -0.3 is 15.2 Å². The fourth-order valence-electron chi connectivity index (χ4n) is 1.98. The Morgan fingerprint density at radius 2 is 2.12 bits per heavy atom. The highest BCUT2D eigenvalue weighted by molar-refractivity contribution is 5.50. The number of benzene rings is 1. The van der Waals surface area contributed by atoms with Crippen molar-refractivity contribution in [2.45, 2.75) is 13.3 Å². The highest BCUT2D eigenvalue weighted by Crippen LogP contribution is 2.26. The fourth-order valence-corrected chi connectivity index (χ4v) is 1.98. The van der Waals surface area contributed by atoms with Crippen molar-refractivity contribution in [3.05, 3.63) is 53.2 Å². The molecule has 0 spiro atoms. The molecule has 0 aliphatic heterocycles. The second-order valence-corrected chi connectivity index (χ2v) is 5.25. The number of hydrogen-bond acceptors (Lipinski definition) is 7. The molecular formula is C16H18F3N5O2. The number of hydrazine groups is 1. The summed E-state index contributed by atoms with van der Waals surface area (Å²) in [5, 5.41) is 0.987. The van der Waals surface area contributed by atoms with E-state index in [2.05, 4.69) is 9.97 Å². The van der Waals surface area contributed by atoms with Crippen LogP contribution < -0.4 is 26.1 Å². The number of aryl methyl sites for hydroxylation is 1. The van der Waals surface area contributed by atoms with Crippen molar-refractivity contribution in [2.24, 2.45) is 11.6 Å². The third kappa shape index (κ3) is 4.76. The molecule has 1 aromatic heterocycles. The number of hydrogen-bond donors (Lipinski definition) is 2. The van der Waals surface area contributed by atoms with Gasteiger partial charge in [0.05, 0.1) is 24.1 Å². The van der Waals surface area contributed by atoms with Gasteiger partial charge in [-0.25, -0.2) is 24.0 Å². The Labute approximate surface area is 148 Å². The summed E-state index contributed by atoms with van der Waals surface area (Å²) in [6.07, 6.45) is -0.170. The number of aromatic nitrogens is 2. The van der Waals surface area contributed by atoms with Gasteiger partial charge in [0.25, 0.3) is 6.43 Å². The number of rotatable bonds is 7. The maximum atomic E-state index is 13.3. The van der Waals surface area contributed by atoms with E-state index < -0.39 is 17.8 Å². The van der Waals surface area contributed by atoms with Gasteiger partial charge in [-0.05, 0) is 25.1 Å². The average molecular weight is 369 g/mol. The third-order valence-corrected chi connectivity index (χ3v) is 3.28. The van der Waals surface area contributed by atoms with Crippen molar-refractivity contribution < 1.29 is 22.6 Å². The number of nitrogens with zero attached hydrogens (tertiary/aromatic N) is 3. The van der Waals surface area contributed by atoms with Gasteiger partial charge >= 0.3 is 6.01 Å². The molecule has 0 atom stereocenters. The van der Waals surface area contributed by atoms with Crippen molar-refractivity contribution in [3.63, 3.8) is 0 Å². The topological polar surface area (TPSA) is 99.5 Å². The van der Waals surface area contributed by atoms with Crippen LogP contribution in [0, 0.1) is 12.7 Å². The second kappa shape index (κ2) is 8.39. The molecule has 0 saturated heterocycles. The predicted molar refractivity (Wildman–Crippen MR) is 89.1 cm³/mol. The van der Waals surface area contributed by atoms with Gasteiger partial charge in [-0.2, -0.15) is 4.98 Å². The first kappa shape index (κ1) is 19.3. The summed E-state index contributed by atoms with van der Waals surface area (Å²) >= 11 is 0. The van der Waals surface area contributed by atoms with E-state index in [1.165, 1.54) is 25.6 Å². The summed E-state index contributed by atoms with van der Waals surface area (Å²) in [6, 6.07) is 3.15. The van der Waals surface area contributed by atoms with Crippen LogP contribution >= 0.6 is 0 Å². The van der Waals surface area contributed by atoms with E-state index in [0.29, 0.717) is 5.88 Å². The van der Waals surface area contributed by atoms with Gasteiger partial charge in [-0.3, -0.25) is 5.01 Å². The van der Waals surface area contributed by atoms with Gasteiger partial charge in [0.15, 0.2) is 0 Å². The summed E-state index contributed by atoms with van der Waals surface area (Å²) in [7, 11) is 1.47. The van der Waals surface area contributed by atoms with Crippen molar-refractivity contribution in [3.8, 4) is 11.9 Å². The van der Waals surface area contributed by atoms with Gasteiger partial charge in [0.2, 0.25) is 5.88 Å². The lowest BCUT2D eigenvalue weighted by Gasteiger charge is -2.16. The van der Waals surface area contributed by atoms with Crippen LogP contribution in [0.5, 0.6) is 11.9 Å². The highest BCUT2D eigenvalue weighted by atomic mass is 19.3. The summed E-state index contributed by atoms with van der Waals surface area (Å²) in [6.45, 7) is 1.67. The van der Waals surface area contributed by atoms with E-state index in [1.54, 1.807) is 6.92 Å². The van der Waals surface area contributed by atoms with Gasteiger partial charge in [-0.15, -0.1) is 0 Å². The Balaban J connectivity index is 2.06. The zero-order chi connectivity index (χ0) is 19.3. The fraction of sp³-hybridized carbons (Fsp3) is 0.250. The zero-order valence-corrected chi connectivity index (χ0v) is 14.1. The number of nitrogens with two attached hydrogens (primary N) is 2. The maximum absolute atomic E-state index is 13.3. The molecule has 0 saturated carbocycles. The SMILES string of the molecule is COc1nc(OC/C(N)=C/N(N)c2ccc(F)c(C(F)F)c2)ncc1C. The van der Waals surface area contributed by atoms with Crippen molar-refractivity contribution in [1.82, 2.24) is 9.97 Å². The third-order valence-electron chi connectivity index (χ3n) is 3.28. The molecule has 140 valence electrons. The van der Waals surface area contributed by atoms with Crippen molar-refractivity contribution in [2.75, 3.05) is 18.7 Å². The number of alkyl halides is 2. The predicted octanol–water partition coefficient (Wildman–Crippen LogP) is 2.43. The number of anilines is 1. The molecule has 0 fully saturated rings. The summed E-state index contributed by atoms with van der Waals surface area (Å²) in [5.41, 5.74) is 6.09. The standard InChI is InChI=1S/C16H18F3N5O2/c1-9-6-22-16(23-15(9)25-2)26-8-10(20)7-24(21)11-3-4-13(17)12(5-11)14(18)19/h3-7,14H,8,20-21H2,1-2H3/b10-7-. The average Bonchev–Trinajstić information content (AvgIpc) is 2.61. The first-order chi connectivity index (χ1) is 12.3. The molecule has 26 heavy (non-hydrogen) atoms. The number of halogens is 3. The Bertz CT molecular complexity index is 801. The molecule has 4 N–H and O–H groups in total. The molecule has 1 aromatic carbocycles. The van der Waals surface area contributed by atoms with Crippen LogP contribution in [-0.2, 0) is 0 Å². The monoisotopic (exact) mass is 369 g/mol. The quantitative estimate of drug-likeness (QED) is 0.571. The Morgan fingerprint density at radius 3 is 2.77 bits per heavy atom. The Kier molecular flexibility index (Phi) is 6.23. The van der Waals surface area contributed by atoms with Crippen molar-refractivity contribution >= 4 is 5.69 Å². The number of methoxy groups -OCH3 is 1.